The molecule has 0 aromatic heterocycles. The summed E-state index contributed by atoms with van der Waals surface area (Å²) in [6.45, 7) is 4.23. The third-order valence-corrected chi connectivity index (χ3v) is 4.58. The van der Waals surface area contributed by atoms with Gasteiger partial charge in [-0.2, -0.15) is 0 Å². The minimum Gasteiger partial charge on any atom is -0.0610 e. The van der Waals surface area contributed by atoms with Crippen molar-refractivity contribution in [2.75, 3.05) is 0 Å². The first kappa shape index (κ1) is 14.1. The molecule has 0 fully saturated rings. The van der Waals surface area contributed by atoms with Crippen molar-refractivity contribution in [3.8, 4) is 22.3 Å². The number of aryl methyl sites for hydroxylation is 2. The van der Waals surface area contributed by atoms with E-state index in [4.69, 9.17) is 0 Å². The van der Waals surface area contributed by atoms with Gasteiger partial charge in [0, 0.05) is 4.47 Å². The lowest BCUT2D eigenvalue weighted by molar-refractivity contribution is 1.45. The molecule has 0 aliphatic heterocycles. The highest BCUT2D eigenvalue weighted by Crippen LogP contribution is 2.36. The molecule has 0 radical (unpaired) electrons. The average Bonchev–Trinajstić information content (AvgIpc) is 2.50. The molecule has 0 aliphatic carbocycles. The molecule has 0 aliphatic rings. The summed E-state index contributed by atoms with van der Waals surface area (Å²) in [5.74, 6) is 0. The summed E-state index contributed by atoms with van der Waals surface area (Å²) in [6.07, 6.45) is 0. The maximum Gasteiger partial charge on any atom is 0.0332 e. The summed E-state index contributed by atoms with van der Waals surface area (Å²) in [5.41, 5.74) is 7.50. The molecule has 0 unspecified atom stereocenters. The second-order valence-electron chi connectivity index (χ2n) is 5.40. The van der Waals surface area contributed by atoms with Crippen LogP contribution in [0.5, 0.6) is 0 Å². The van der Waals surface area contributed by atoms with Gasteiger partial charge in [-0.05, 0) is 52.0 Å². The standard InChI is InChI=1S/C20H17Br/c1-14-6-10-16(11-7-14)18-4-3-5-19(20(18)21)17-12-8-15(2)9-13-17/h3-13H,1-2H3. The molecule has 3 aromatic carbocycles. The second kappa shape index (κ2) is 5.87. The van der Waals surface area contributed by atoms with E-state index < -0.39 is 0 Å². The zero-order valence-corrected chi connectivity index (χ0v) is 13.8. The number of benzene rings is 3. The van der Waals surface area contributed by atoms with E-state index in [-0.39, 0.29) is 0 Å². The van der Waals surface area contributed by atoms with E-state index in [1.165, 1.54) is 33.4 Å². The molecular formula is C20H17Br. The van der Waals surface area contributed by atoms with Gasteiger partial charge in [-0.15, -0.1) is 0 Å². The topological polar surface area (TPSA) is 0 Å². The van der Waals surface area contributed by atoms with E-state index in [1.54, 1.807) is 0 Å². The van der Waals surface area contributed by atoms with Crippen LogP contribution in [0.1, 0.15) is 11.1 Å². The largest absolute Gasteiger partial charge is 0.0610 e. The Hall–Kier alpha value is -1.86. The molecule has 21 heavy (non-hydrogen) atoms. The minimum absolute atomic E-state index is 1.15. The van der Waals surface area contributed by atoms with Crippen molar-refractivity contribution in [3.63, 3.8) is 0 Å². The van der Waals surface area contributed by atoms with E-state index in [9.17, 15) is 0 Å². The van der Waals surface area contributed by atoms with Crippen molar-refractivity contribution in [2.45, 2.75) is 13.8 Å². The van der Waals surface area contributed by atoms with Crippen molar-refractivity contribution in [1.29, 1.82) is 0 Å². The fourth-order valence-corrected chi connectivity index (χ4v) is 3.17. The summed E-state index contributed by atoms with van der Waals surface area (Å²) in [7, 11) is 0. The van der Waals surface area contributed by atoms with E-state index in [2.05, 4.69) is 96.5 Å². The molecule has 3 rings (SSSR count). The Bertz CT molecular complexity index is 689. The van der Waals surface area contributed by atoms with Gasteiger partial charge in [-0.3, -0.25) is 0 Å². The van der Waals surface area contributed by atoms with Crippen molar-refractivity contribution < 1.29 is 0 Å². The van der Waals surface area contributed by atoms with Crippen LogP contribution in [-0.4, -0.2) is 0 Å². The summed E-state index contributed by atoms with van der Waals surface area (Å²) in [6, 6.07) is 23.8. The first-order valence-corrected chi connectivity index (χ1v) is 7.87. The zero-order valence-electron chi connectivity index (χ0n) is 12.2. The number of hydrogen-bond donors (Lipinski definition) is 0. The lowest BCUT2D eigenvalue weighted by Crippen LogP contribution is -1.86. The van der Waals surface area contributed by atoms with Gasteiger partial charge in [0.15, 0.2) is 0 Å². The number of rotatable bonds is 2. The Kier molecular flexibility index (Phi) is 3.94. The van der Waals surface area contributed by atoms with Crippen molar-refractivity contribution >= 4 is 15.9 Å². The van der Waals surface area contributed by atoms with Crippen LogP contribution in [0.3, 0.4) is 0 Å². The quantitative estimate of drug-likeness (QED) is 0.507. The van der Waals surface area contributed by atoms with Gasteiger partial charge in [-0.1, -0.05) is 77.9 Å². The van der Waals surface area contributed by atoms with Gasteiger partial charge < -0.3 is 0 Å². The predicted octanol–water partition coefficient (Wildman–Crippen LogP) is 6.40. The molecule has 104 valence electrons. The van der Waals surface area contributed by atoms with Crippen molar-refractivity contribution in [1.82, 2.24) is 0 Å². The van der Waals surface area contributed by atoms with Crippen LogP contribution >= 0.6 is 15.9 Å². The van der Waals surface area contributed by atoms with Crippen molar-refractivity contribution in [2.24, 2.45) is 0 Å². The summed E-state index contributed by atoms with van der Waals surface area (Å²) >= 11 is 3.79. The van der Waals surface area contributed by atoms with Crippen LogP contribution in [0.4, 0.5) is 0 Å². The number of hydrogen-bond acceptors (Lipinski definition) is 0. The molecule has 0 saturated heterocycles. The molecule has 0 nitrogen and oxygen atoms in total. The van der Waals surface area contributed by atoms with Gasteiger partial charge >= 0.3 is 0 Å². The Morgan fingerprint density at radius 2 is 0.952 bits per heavy atom. The van der Waals surface area contributed by atoms with Gasteiger partial charge in [-0.25, -0.2) is 0 Å². The second-order valence-corrected chi connectivity index (χ2v) is 6.19. The molecule has 0 N–H and O–H groups in total. The SMILES string of the molecule is Cc1ccc(-c2cccc(-c3ccc(C)cc3)c2Br)cc1. The number of halogens is 1. The van der Waals surface area contributed by atoms with Gasteiger partial charge in [0.25, 0.3) is 0 Å². The van der Waals surface area contributed by atoms with E-state index in [0.29, 0.717) is 0 Å². The molecule has 0 bridgehead atoms. The molecular weight excluding hydrogens is 320 g/mol. The summed E-state index contributed by atoms with van der Waals surface area (Å²) in [5, 5.41) is 0. The van der Waals surface area contributed by atoms with Gasteiger partial charge in [0.2, 0.25) is 0 Å². The Morgan fingerprint density at radius 3 is 1.33 bits per heavy atom. The van der Waals surface area contributed by atoms with Crippen LogP contribution in [0, 0.1) is 13.8 Å². The Balaban J connectivity index is 2.10. The highest BCUT2D eigenvalue weighted by Gasteiger charge is 2.09. The Morgan fingerprint density at radius 1 is 0.571 bits per heavy atom. The smallest absolute Gasteiger partial charge is 0.0332 e. The Labute approximate surface area is 134 Å². The maximum absolute atomic E-state index is 3.79. The summed E-state index contributed by atoms with van der Waals surface area (Å²) in [4.78, 5) is 0. The fraction of sp³-hybridized carbons (Fsp3) is 0.100. The monoisotopic (exact) mass is 336 g/mol. The predicted molar refractivity (Wildman–Crippen MR) is 94.5 cm³/mol. The van der Waals surface area contributed by atoms with E-state index >= 15 is 0 Å². The summed E-state index contributed by atoms with van der Waals surface area (Å²) < 4.78 is 1.15. The van der Waals surface area contributed by atoms with Gasteiger partial charge in [0.1, 0.15) is 0 Å². The van der Waals surface area contributed by atoms with Crippen LogP contribution in [0.2, 0.25) is 0 Å². The van der Waals surface area contributed by atoms with E-state index in [1.807, 2.05) is 0 Å². The lowest BCUT2D eigenvalue weighted by Gasteiger charge is -2.11. The van der Waals surface area contributed by atoms with Crippen molar-refractivity contribution in [3.05, 3.63) is 82.3 Å². The molecule has 0 saturated carbocycles. The fourth-order valence-electron chi connectivity index (χ4n) is 2.44. The third-order valence-electron chi connectivity index (χ3n) is 3.72. The van der Waals surface area contributed by atoms with Crippen LogP contribution in [-0.2, 0) is 0 Å². The molecule has 0 spiro atoms. The first-order valence-electron chi connectivity index (χ1n) is 7.08. The van der Waals surface area contributed by atoms with Gasteiger partial charge in [0.05, 0.1) is 0 Å². The minimum atomic E-state index is 1.15. The highest BCUT2D eigenvalue weighted by atomic mass is 79.9. The zero-order chi connectivity index (χ0) is 14.8. The molecule has 0 amide bonds. The highest BCUT2D eigenvalue weighted by molar-refractivity contribution is 9.10. The molecule has 0 heterocycles. The first-order chi connectivity index (χ1) is 10.1. The molecule has 0 atom stereocenters. The maximum atomic E-state index is 3.79. The average molecular weight is 337 g/mol. The van der Waals surface area contributed by atoms with Crippen LogP contribution in [0.15, 0.2) is 71.2 Å². The third kappa shape index (κ3) is 2.93. The lowest BCUT2D eigenvalue weighted by atomic mass is 9.98. The van der Waals surface area contributed by atoms with Crippen LogP contribution < -0.4 is 0 Å². The normalized spacial score (nSPS) is 10.6. The molecule has 1 heteroatoms. The van der Waals surface area contributed by atoms with Crippen LogP contribution in [0.25, 0.3) is 22.3 Å². The van der Waals surface area contributed by atoms with E-state index in [0.717, 1.165) is 4.47 Å². The molecule has 3 aromatic rings.